The lowest BCUT2D eigenvalue weighted by atomic mass is 9.92. The molecule has 7 nitrogen and oxygen atoms in total. The van der Waals surface area contributed by atoms with Gasteiger partial charge in [-0.3, -0.25) is 9.59 Å². The standard InChI is InChI=1S/C24H31N3O4S2/c1-5-9-27-19-8-7-18(23(30)31-6-2)11-20(19)33-24(27)25-21(28)14-32-15-22(29)26-12-16(3)10-17(4)13-26/h5,7-8,11,16-17H,1,6,9-10,12-15H2,2-4H3. The van der Waals surface area contributed by atoms with Crippen LogP contribution in [0.5, 0.6) is 0 Å². The first kappa shape index (κ1) is 25.2. The third-order valence-electron chi connectivity index (χ3n) is 5.40. The molecular weight excluding hydrogens is 458 g/mol. The molecule has 1 aliphatic heterocycles. The van der Waals surface area contributed by atoms with E-state index < -0.39 is 0 Å². The highest BCUT2D eigenvalue weighted by molar-refractivity contribution is 8.00. The Morgan fingerprint density at radius 3 is 2.64 bits per heavy atom. The van der Waals surface area contributed by atoms with Crippen LogP contribution in [0.2, 0.25) is 0 Å². The number of rotatable bonds is 8. The third kappa shape index (κ3) is 6.57. The maximum absolute atomic E-state index is 12.5. The Labute approximate surface area is 202 Å². The van der Waals surface area contributed by atoms with Gasteiger partial charge >= 0.3 is 5.97 Å². The number of likely N-dealkylation sites (tertiary alicyclic amines) is 1. The van der Waals surface area contributed by atoms with E-state index in [0.717, 1.165) is 29.7 Å². The SMILES string of the molecule is C=CCn1c(=NC(=O)CSCC(=O)N2CC(C)CC(C)C2)sc2cc(C(=O)OCC)ccc21. The lowest BCUT2D eigenvalue weighted by Gasteiger charge is -2.35. The molecule has 0 bridgehead atoms. The summed E-state index contributed by atoms with van der Waals surface area (Å²) in [5, 5.41) is 0. The zero-order valence-electron chi connectivity index (χ0n) is 19.4. The molecule has 0 N–H and O–H groups in total. The van der Waals surface area contributed by atoms with Gasteiger partial charge < -0.3 is 14.2 Å². The zero-order valence-corrected chi connectivity index (χ0v) is 21.0. The summed E-state index contributed by atoms with van der Waals surface area (Å²) in [6.45, 7) is 12.3. The quantitative estimate of drug-likeness (QED) is 0.417. The first-order chi connectivity index (χ1) is 15.8. The number of carbonyl (C=O) groups is 3. The van der Waals surface area contributed by atoms with Crippen LogP contribution in [0.4, 0.5) is 0 Å². The van der Waals surface area contributed by atoms with Crippen LogP contribution in [-0.4, -0.2) is 58.5 Å². The number of hydrogen-bond donors (Lipinski definition) is 0. The van der Waals surface area contributed by atoms with Crippen LogP contribution in [0.3, 0.4) is 0 Å². The molecule has 2 unspecified atom stereocenters. The van der Waals surface area contributed by atoms with Crippen LogP contribution >= 0.6 is 23.1 Å². The van der Waals surface area contributed by atoms with E-state index >= 15 is 0 Å². The Kier molecular flexibility index (Phi) is 8.91. The lowest BCUT2D eigenvalue weighted by Crippen LogP contribution is -2.43. The van der Waals surface area contributed by atoms with Crippen molar-refractivity contribution in [1.82, 2.24) is 9.47 Å². The van der Waals surface area contributed by atoms with Crippen LogP contribution < -0.4 is 4.80 Å². The molecule has 2 amide bonds. The van der Waals surface area contributed by atoms with Gasteiger partial charge in [0.25, 0.3) is 5.91 Å². The van der Waals surface area contributed by atoms with Crippen LogP contribution in [0, 0.1) is 11.8 Å². The predicted octanol–water partition coefficient (Wildman–Crippen LogP) is 3.73. The fourth-order valence-corrected chi connectivity index (χ4v) is 5.92. The molecule has 2 aromatic rings. The number of ether oxygens (including phenoxy) is 1. The average molecular weight is 490 g/mol. The minimum atomic E-state index is -0.379. The summed E-state index contributed by atoms with van der Waals surface area (Å²) in [6, 6.07) is 5.30. The van der Waals surface area contributed by atoms with Crippen molar-refractivity contribution in [3.8, 4) is 0 Å². The van der Waals surface area contributed by atoms with Gasteiger partial charge in [0.15, 0.2) is 4.80 Å². The summed E-state index contributed by atoms with van der Waals surface area (Å²) < 4.78 is 7.81. The number of fused-ring (bicyclic) bond motifs is 1. The number of carbonyl (C=O) groups excluding carboxylic acids is 3. The number of esters is 1. The molecule has 0 aliphatic carbocycles. The largest absolute Gasteiger partial charge is 0.462 e. The Morgan fingerprint density at radius 2 is 1.97 bits per heavy atom. The molecule has 178 valence electrons. The van der Waals surface area contributed by atoms with Gasteiger partial charge in [-0.05, 0) is 43.4 Å². The fourth-order valence-electron chi connectivity index (χ4n) is 4.13. The maximum atomic E-state index is 12.5. The molecule has 1 fully saturated rings. The normalized spacial score (nSPS) is 19.0. The maximum Gasteiger partial charge on any atom is 0.338 e. The van der Waals surface area contributed by atoms with Gasteiger partial charge in [-0.25, -0.2) is 4.79 Å². The molecule has 1 aromatic carbocycles. The number of amides is 2. The Bertz CT molecular complexity index is 1090. The van der Waals surface area contributed by atoms with Crippen molar-refractivity contribution in [2.75, 3.05) is 31.2 Å². The number of piperidine rings is 1. The van der Waals surface area contributed by atoms with E-state index in [9.17, 15) is 14.4 Å². The van der Waals surface area contributed by atoms with E-state index in [1.165, 1.54) is 23.1 Å². The van der Waals surface area contributed by atoms with Gasteiger partial charge in [0.2, 0.25) is 5.91 Å². The monoisotopic (exact) mass is 489 g/mol. The number of nitrogens with zero attached hydrogens (tertiary/aromatic N) is 3. The molecule has 9 heteroatoms. The Balaban J connectivity index is 1.69. The second-order valence-electron chi connectivity index (χ2n) is 8.43. The topological polar surface area (TPSA) is 81.0 Å². The molecule has 0 radical (unpaired) electrons. The van der Waals surface area contributed by atoms with Crippen molar-refractivity contribution < 1.29 is 19.1 Å². The van der Waals surface area contributed by atoms with Gasteiger partial charge in [-0.2, -0.15) is 4.99 Å². The summed E-state index contributed by atoms with van der Waals surface area (Å²) in [5.41, 5.74) is 1.33. The second kappa shape index (κ2) is 11.7. The summed E-state index contributed by atoms with van der Waals surface area (Å²) >= 11 is 2.64. The number of allylic oxidation sites excluding steroid dienone is 1. The lowest BCUT2D eigenvalue weighted by molar-refractivity contribution is -0.130. The molecule has 33 heavy (non-hydrogen) atoms. The van der Waals surface area contributed by atoms with Crippen LogP contribution in [0.1, 0.15) is 37.6 Å². The van der Waals surface area contributed by atoms with E-state index in [2.05, 4.69) is 25.4 Å². The highest BCUT2D eigenvalue weighted by atomic mass is 32.2. The number of aromatic nitrogens is 1. The van der Waals surface area contributed by atoms with Gasteiger partial charge in [0.1, 0.15) is 0 Å². The van der Waals surface area contributed by atoms with E-state index in [1.807, 2.05) is 15.5 Å². The fraction of sp³-hybridized carbons (Fsp3) is 0.500. The van der Waals surface area contributed by atoms with Crippen molar-refractivity contribution in [2.24, 2.45) is 16.8 Å². The average Bonchev–Trinajstić information content (AvgIpc) is 3.09. The number of thiazole rings is 1. The molecule has 0 spiro atoms. The number of benzene rings is 1. The molecule has 1 aromatic heterocycles. The Morgan fingerprint density at radius 1 is 1.24 bits per heavy atom. The molecule has 1 aliphatic rings. The van der Waals surface area contributed by atoms with Crippen molar-refractivity contribution >= 4 is 51.1 Å². The third-order valence-corrected chi connectivity index (χ3v) is 7.34. The first-order valence-electron chi connectivity index (χ1n) is 11.2. The van der Waals surface area contributed by atoms with Crippen LogP contribution in [0.15, 0.2) is 35.8 Å². The second-order valence-corrected chi connectivity index (χ2v) is 10.4. The predicted molar refractivity (Wildman–Crippen MR) is 133 cm³/mol. The van der Waals surface area contributed by atoms with Gasteiger partial charge in [-0.1, -0.05) is 31.3 Å². The van der Waals surface area contributed by atoms with E-state index in [-0.39, 0.29) is 29.3 Å². The van der Waals surface area contributed by atoms with E-state index in [4.69, 9.17) is 4.74 Å². The van der Waals surface area contributed by atoms with Crippen LogP contribution in [-0.2, 0) is 20.9 Å². The summed E-state index contributed by atoms with van der Waals surface area (Å²) in [6.07, 6.45) is 2.89. The number of hydrogen-bond acceptors (Lipinski definition) is 6. The summed E-state index contributed by atoms with van der Waals surface area (Å²) in [4.78, 5) is 43.9. The van der Waals surface area contributed by atoms with Crippen molar-refractivity contribution in [2.45, 2.75) is 33.7 Å². The molecule has 1 saturated heterocycles. The van der Waals surface area contributed by atoms with Gasteiger partial charge in [0.05, 0.1) is 33.9 Å². The van der Waals surface area contributed by atoms with E-state index in [1.54, 1.807) is 25.1 Å². The van der Waals surface area contributed by atoms with Gasteiger partial charge in [0, 0.05) is 19.6 Å². The highest BCUT2D eigenvalue weighted by Crippen LogP contribution is 2.22. The number of thioether (sulfide) groups is 1. The first-order valence-corrected chi connectivity index (χ1v) is 13.1. The van der Waals surface area contributed by atoms with Crippen molar-refractivity contribution in [1.29, 1.82) is 0 Å². The molecule has 3 rings (SSSR count). The van der Waals surface area contributed by atoms with Crippen LogP contribution in [0.25, 0.3) is 10.2 Å². The Hall–Kier alpha value is -2.39. The van der Waals surface area contributed by atoms with Gasteiger partial charge in [-0.15, -0.1) is 18.3 Å². The summed E-state index contributed by atoms with van der Waals surface area (Å²) in [7, 11) is 0. The smallest absolute Gasteiger partial charge is 0.338 e. The van der Waals surface area contributed by atoms with Crippen molar-refractivity contribution in [3.05, 3.63) is 41.2 Å². The minimum absolute atomic E-state index is 0.0845. The molecule has 2 heterocycles. The van der Waals surface area contributed by atoms with E-state index in [0.29, 0.717) is 35.4 Å². The van der Waals surface area contributed by atoms with Crippen molar-refractivity contribution in [3.63, 3.8) is 0 Å². The molecule has 0 saturated carbocycles. The zero-order chi connectivity index (χ0) is 24.0. The minimum Gasteiger partial charge on any atom is -0.462 e. The molecular formula is C24H31N3O4S2. The molecule has 2 atom stereocenters. The summed E-state index contributed by atoms with van der Waals surface area (Å²) in [5.74, 6) is 0.860. The highest BCUT2D eigenvalue weighted by Gasteiger charge is 2.25.